The molecule has 0 aromatic rings. The van der Waals surface area contributed by atoms with Gasteiger partial charge >= 0.3 is 5.97 Å². The zero-order valence-corrected chi connectivity index (χ0v) is 6.93. The Morgan fingerprint density at radius 3 is 2.90 bits per heavy atom. The van der Waals surface area contributed by atoms with E-state index in [0.717, 1.165) is 0 Å². The molecule has 0 spiro atoms. The monoisotopic (exact) mass is 160 g/mol. The van der Waals surface area contributed by atoms with E-state index < -0.39 is 0 Å². The van der Waals surface area contributed by atoms with E-state index in [1.54, 1.807) is 6.08 Å². The second kappa shape index (κ2) is 6.68. The van der Waals surface area contributed by atoms with Crippen LogP contribution in [0.5, 0.6) is 0 Å². The van der Waals surface area contributed by atoms with Crippen molar-refractivity contribution in [2.24, 2.45) is 0 Å². The third-order valence-electron chi connectivity index (χ3n) is 0.892. The third-order valence-corrected chi connectivity index (χ3v) is 1.12. The average molecular weight is 160 g/mol. The predicted octanol–water partition coefficient (Wildman–Crippen LogP) is 1.43. The summed E-state index contributed by atoms with van der Waals surface area (Å²) in [7, 11) is 0. The van der Waals surface area contributed by atoms with Crippen LogP contribution in [0.2, 0.25) is 0 Å². The summed E-state index contributed by atoms with van der Waals surface area (Å²) in [5, 5.41) is 0. The molecule has 10 heavy (non-hydrogen) atoms. The molecule has 3 heteroatoms. The normalized spacial score (nSPS) is 10.2. The van der Waals surface area contributed by atoms with Crippen molar-refractivity contribution in [3.05, 3.63) is 12.2 Å². The first-order chi connectivity index (χ1) is 4.81. The van der Waals surface area contributed by atoms with Crippen LogP contribution in [0.4, 0.5) is 0 Å². The Bertz CT molecular complexity index is 121. The molecule has 0 heterocycles. The van der Waals surface area contributed by atoms with Crippen LogP contribution in [-0.2, 0) is 9.53 Å². The zero-order valence-electron chi connectivity index (χ0n) is 6.04. The van der Waals surface area contributed by atoms with Gasteiger partial charge in [0, 0.05) is 5.75 Å². The maximum atomic E-state index is 10.6. The molecule has 0 saturated carbocycles. The smallest absolute Gasteiger partial charge is 0.306 e. The van der Waals surface area contributed by atoms with E-state index in [1.165, 1.54) is 0 Å². The lowest BCUT2D eigenvalue weighted by Gasteiger charge is -1.97. The summed E-state index contributed by atoms with van der Waals surface area (Å²) in [6, 6.07) is 0. The molecule has 0 unspecified atom stereocenters. The molecule has 58 valence electrons. The largest absolute Gasteiger partial charge is 0.461 e. The molecule has 0 amide bonds. The Morgan fingerprint density at radius 2 is 2.40 bits per heavy atom. The van der Waals surface area contributed by atoms with Crippen molar-refractivity contribution in [2.75, 3.05) is 12.4 Å². The van der Waals surface area contributed by atoms with Gasteiger partial charge in [0.25, 0.3) is 0 Å². The van der Waals surface area contributed by atoms with Gasteiger partial charge in [-0.25, -0.2) is 0 Å². The SMILES string of the molecule is CC=CCOC(=O)CCS. The first kappa shape index (κ1) is 9.56. The molecule has 0 saturated heterocycles. The number of rotatable bonds is 4. The van der Waals surface area contributed by atoms with Gasteiger partial charge in [-0.05, 0) is 6.92 Å². The summed E-state index contributed by atoms with van der Waals surface area (Å²) in [5.74, 6) is 0.363. The molecule has 0 aliphatic rings. The maximum absolute atomic E-state index is 10.6. The average Bonchev–Trinajstić information content (AvgIpc) is 1.89. The van der Waals surface area contributed by atoms with E-state index in [9.17, 15) is 4.79 Å². The Kier molecular flexibility index (Phi) is 6.38. The molecule has 0 aliphatic heterocycles. The molecule has 0 N–H and O–H groups in total. The second-order valence-corrected chi connectivity index (χ2v) is 2.17. The second-order valence-electron chi connectivity index (χ2n) is 1.73. The minimum Gasteiger partial charge on any atom is -0.461 e. The minimum absolute atomic E-state index is 0.187. The quantitative estimate of drug-likeness (QED) is 0.382. The van der Waals surface area contributed by atoms with E-state index in [4.69, 9.17) is 4.74 Å². The molecule has 0 aliphatic carbocycles. The van der Waals surface area contributed by atoms with Gasteiger partial charge in [0.05, 0.1) is 6.42 Å². The first-order valence-electron chi connectivity index (χ1n) is 3.19. The fraction of sp³-hybridized carbons (Fsp3) is 0.571. The van der Waals surface area contributed by atoms with Crippen molar-refractivity contribution in [2.45, 2.75) is 13.3 Å². The number of carbonyl (C=O) groups is 1. The molecule has 0 rings (SSSR count). The van der Waals surface area contributed by atoms with E-state index in [2.05, 4.69) is 12.6 Å². The van der Waals surface area contributed by atoms with Crippen LogP contribution in [0.3, 0.4) is 0 Å². The number of hydrogen-bond donors (Lipinski definition) is 1. The Morgan fingerprint density at radius 1 is 1.70 bits per heavy atom. The van der Waals surface area contributed by atoms with E-state index in [0.29, 0.717) is 18.8 Å². The molecule has 0 aromatic heterocycles. The van der Waals surface area contributed by atoms with Gasteiger partial charge in [0.15, 0.2) is 0 Å². The lowest BCUT2D eigenvalue weighted by atomic mass is 10.5. The van der Waals surface area contributed by atoms with Gasteiger partial charge in [-0.3, -0.25) is 4.79 Å². The van der Waals surface area contributed by atoms with E-state index in [-0.39, 0.29) is 5.97 Å². The highest BCUT2D eigenvalue weighted by molar-refractivity contribution is 7.80. The van der Waals surface area contributed by atoms with Crippen molar-refractivity contribution >= 4 is 18.6 Å². The molecular formula is C7H12O2S. The summed E-state index contributed by atoms with van der Waals surface area (Å²) in [6.07, 6.45) is 4.02. The van der Waals surface area contributed by atoms with Gasteiger partial charge < -0.3 is 4.74 Å². The van der Waals surface area contributed by atoms with Crippen molar-refractivity contribution in [3.8, 4) is 0 Å². The lowest BCUT2D eigenvalue weighted by molar-refractivity contribution is -0.141. The third kappa shape index (κ3) is 5.69. The van der Waals surface area contributed by atoms with Gasteiger partial charge in [0.1, 0.15) is 6.61 Å². The Balaban J connectivity index is 3.21. The van der Waals surface area contributed by atoms with E-state index in [1.807, 2.05) is 13.0 Å². The zero-order chi connectivity index (χ0) is 7.82. The number of carbonyl (C=O) groups excluding carboxylic acids is 1. The van der Waals surface area contributed by atoms with Crippen LogP contribution in [0, 0.1) is 0 Å². The molecule has 0 radical (unpaired) electrons. The van der Waals surface area contributed by atoms with Crippen molar-refractivity contribution in [1.82, 2.24) is 0 Å². The van der Waals surface area contributed by atoms with Crippen LogP contribution in [-0.4, -0.2) is 18.3 Å². The van der Waals surface area contributed by atoms with Gasteiger partial charge in [-0.2, -0.15) is 12.6 Å². The van der Waals surface area contributed by atoms with Gasteiger partial charge in [-0.15, -0.1) is 0 Å². The number of ether oxygens (including phenoxy) is 1. The van der Waals surface area contributed by atoms with Crippen LogP contribution < -0.4 is 0 Å². The molecule has 0 bridgehead atoms. The fourth-order valence-corrected chi connectivity index (χ4v) is 0.583. The van der Waals surface area contributed by atoms with Crippen LogP contribution in [0.1, 0.15) is 13.3 Å². The lowest BCUT2D eigenvalue weighted by Crippen LogP contribution is -2.04. The molecule has 0 aromatic carbocycles. The minimum atomic E-state index is -0.187. The standard InChI is InChI=1S/C7H12O2S/c1-2-3-5-9-7(8)4-6-10/h2-3,10H,4-6H2,1H3. The Labute approximate surface area is 66.7 Å². The molecule has 0 fully saturated rings. The summed E-state index contributed by atoms with van der Waals surface area (Å²) >= 11 is 3.89. The molecule has 0 atom stereocenters. The van der Waals surface area contributed by atoms with Gasteiger partial charge in [-0.1, -0.05) is 12.2 Å². The van der Waals surface area contributed by atoms with Crippen molar-refractivity contribution in [1.29, 1.82) is 0 Å². The highest BCUT2D eigenvalue weighted by atomic mass is 32.1. The van der Waals surface area contributed by atoms with Crippen molar-refractivity contribution < 1.29 is 9.53 Å². The number of thiol groups is 1. The topological polar surface area (TPSA) is 26.3 Å². The van der Waals surface area contributed by atoms with Crippen LogP contribution in [0.25, 0.3) is 0 Å². The van der Waals surface area contributed by atoms with Crippen LogP contribution in [0.15, 0.2) is 12.2 Å². The fourth-order valence-electron chi connectivity index (χ4n) is 0.401. The number of esters is 1. The number of allylic oxidation sites excluding steroid dienone is 1. The summed E-state index contributed by atoms with van der Waals surface area (Å²) < 4.78 is 4.75. The Hall–Kier alpha value is -0.440. The maximum Gasteiger partial charge on any atom is 0.306 e. The van der Waals surface area contributed by atoms with Crippen molar-refractivity contribution in [3.63, 3.8) is 0 Å². The molecular weight excluding hydrogens is 148 g/mol. The number of hydrogen-bond acceptors (Lipinski definition) is 3. The highest BCUT2D eigenvalue weighted by Gasteiger charge is 1.96. The summed E-state index contributed by atoms with van der Waals surface area (Å²) in [4.78, 5) is 10.6. The highest BCUT2D eigenvalue weighted by Crippen LogP contribution is 1.88. The van der Waals surface area contributed by atoms with Crippen LogP contribution >= 0.6 is 12.6 Å². The van der Waals surface area contributed by atoms with E-state index >= 15 is 0 Å². The summed E-state index contributed by atoms with van der Waals surface area (Å²) in [6.45, 7) is 2.26. The molecule has 2 nitrogen and oxygen atoms in total. The first-order valence-corrected chi connectivity index (χ1v) is 3.82. The predicted molar refractivity (Wildman–Crippen MR) is 44.2 cm³/mol. The van der Waals surface area contributed by atoms with Gasteiger partial charge in [0.2, 0.25) is 0 Å². The summed E-state index contributed by atoms with van der Waals surface area (Å²) in [5.41, 5.74) is 0.